The Hall–Kier alpha value is -1.76. The molecule has 170 valence electrons. The summed E-state index contributed by atoms with van der Waals surface area (Å²) in [7, 11) is 0. The lowest BCUT2D eigenvalue weighted by Gasteiger charge is -2.36. The fourth-order valence-corrected chi connectivity index (χ4v) is 5.33. The number of amides is 1. The molecular formula is C24H34ClN3O2S. The molecule has 7 heteroatoms. The number of hydrogen-bond acceptors (Lipinski definition) is 5. The molecule has 1 aromatic heterocycles. The molecule has 3 heterocycles. The quantitative estimate of drug-likeness (QED) is 0.591. The third kappa shape index (κ3) is 6.37. The number of hydrogen-bond donors (Lipinski definition) is 0. The summed E-state index contributed by atoms with van der Waals surface area (Å²) in [5.41, 5.74) is 1.20. The van der Waals surface area contributed by atoms with Gasteiger partial charge in [0.15, 0.2) is 0 Å². The average Bonchev–Trinajstić information content (AvgIpc) is 3.17. The number of piperazine rings is 1. The van der Waals surface area contributed by atoms with Gasteiger partial charge in [0.1, 0.15) is 5.75 Å². The van der Waals surface area contributed by atoms with Crippen molar-refractivity contribution in [1.82, 2.24) is 9.80 Å². The summed E-state index contributed by atoms with van der Waals surface area (Å²) in [4.78, 5) is 21.8. The fraction of sp³-hybridized carbons (Fsp3) is 0.542. The van der Waals surface area contributed by atoms with Crippen LogP contribution >= 0.6 is 23.7 Å². The van der Waals surface area contributed by atoms with Crippen LogP contribution in [0.1, 0.15) is 42.9 Å². The van der Waals surface area contributed by atoms with E-state index in [1.165, 1.54) is 15.4 Å². The first-order valence-electron chi connectivity index (χ1n) is 11.2. The molecule has 31 heavy (non-hydrogen) atoms. The van der Waals surface area contributed by atoms with Gasteiger partial charge in [-0.15, -0.1) is 23.7 Å². The Bertz CT molecular complexity index is 849. The predicted octanol–water partition coefficient (Wildman–Crippen LogP) is 4.79. The zero-order valence-electron chi connectivity index (χ0n) is 18.6. The first-order chi connectivity index (χ1) is 14.6. The number of halogens is 1. The Morgan fingerprint density at radius 3 is 2.35 bits per heavy atom. The third-order valence-electron chi connectivity index (χ3n) is 5.81. The van der Waals surface area contributed by atoms with E-state index < -0.39 is 0 Å². The van der Waals surface area contributed by atoms with Crippen molar-refractivity contribution in [3.63, 3.8) is 0 Å². The van der Waals surface area contributed by atoms with Gasteiger partial charge in [-0.1, -0.05) is 12.1 Å². The molecular weight excluding hydrogens is 430 g/mol. The number of nitrogens with zero attached hydrogens (tertiary/aromatic N) is 3. The minimum Gasteiger partial charge on any atom is -0.489 e. The van der Waals surface area contributed by atoms with Crippen molar-refractivity contribution < 1.29 is 9.53 Å². The minimum absolute atomic E-state index is 0. The van der Waals surface area contributed by atoms with E-state index in [1.807, 2.05) is 22.3 Å². The molecule has 0 bridgehead atoms. The van der Waals surface area contributed by atoms with Crippen LogP contribution in [0, 0.1) is 0 Å². The van der Waals surface area contributed by atoms with Gasteiger partial charge in [0, 0.05) is 55.4 Å². The van der Waals surface area contributed by atoms with Crippen LogP contribution in [0.4, 0.5) is 5.69 Å². The van der Waals surface area contributed by atoms with Crippen LogP contribution in [0.3, 0.4) is 0 Å². The summed E-state index contributed by atoms with van der Waals surface area (Å²) in [5.74, 6) is 1.30. The Labute approximate surface area is 196 Å². The van der Waals surface area contributed by atoms with Crippen molar-refractivity contribution in [3.8, 4) is 5.75 Å². The molecule has 1 aromatic carbocycles. The SMILES string of the molecule is CC(C)Oc1ccccc1N1CCN(Cc2ccc(CN3CCCCC3=O)s2)CC1.Cl. The van der Waals surface area contributed by atoms with Crippen molar-refractivity contribution in [2.24, 2.45) is 0 Å². The van der Waals surface area contributed by atoms with Gasteiger partial charge in [-0.25, -0.2) is 0 Å². The number of piperidine rings is 1. The molecule has 2 fully saturated rings. The highest BCUT2D eigenvalue weighted by molar-refractivity contribution is 7.11. The lowest BCUT2D eigenvalue weighted by molar-refractivity contribution is -0.133. The lowest BCUT2D eigenvalue weighted by Crippen LogP contribution is -2.46. The summed E-state index contributed by atoms with van der Waals surface area (Å²) in [6.07, 6.45) is 3.08. The van der Waals surface area contributed by atoms with Gasteiger partial charge >= 0.3 is 0 Å². The van der Waals surface area contributed by atoms with Crippen LogP contribution < -0.4 is 9.64 Å². The normalized spacial score (nSPS) is 17.7. The Morgan fingerprint density at radius 1 is 0.935 bits per heavy atom. The van der Waals surface area contributed by atoms with E-state index in [0.717, 1.165) is 64.4 Å². The number of likely N-dealkylation sites (tertiary alicyclic amines) is 1. The van der Waals surface area contributed by atoms with Crippen molar-refractivity contribution in [2.45, 2.75) is 52.3 Å². The van der Waals surface area contributed by atoms with Crippen molar-refractivity contribution in [2.75, 3.05) is 37.6 Å². The smallest absolute Gasteiger partial charge is 0.222 e. The highest BCUT2D eigenvalue weighted by Gasteiger charge is 2.22. The maximum atomic E-state index is 12.1. The largest absolute Gasteiger partial charge is 0.489 e. The second kappa shape index (κ2) is 11.2. The van der Waals surface area contributed by atoms with Gasteiger partial charge in [0.05, 0.1) is 18.3 Å². The molecule has 2 aromatic rings. The van der Waals surface area contributed by atoms with Crippen LogP contribution in [0.15, 0.2) is 36.4 Å². The minimum atomic E-state index is 0. The summed E-state index contributed by atoms with van der Waals surface area (Å²) in [6.45, 7) is 11.0. The molecule has 0 atom stereocenters. The van der Waals surface area contributed by atoms with Crippen LogP contribution in [-0.4, -0.2) is 54.5 Å². The molecule has 2 aliphatic rings. The summed E-state index contributed by atoms with van der Waals surface area (Å²) in [6, 6.07) is 12.8. The van der Waals surface area contributed by atoms with E-state index in [9.17, 15) is 4.79 Å². The molecule has 2 aliphatic heterocycles. The molecule has 5 nitrogen and oxygen atoms in total. The number of ether oxygens (including phenoxy) is 1. The van der Waals surface area contributed by atoms with Crippen LogP contribution in [0.2, 0.25) is 0 Å². The predicted molar refractivity (Wildman–Crippen MR) is 131 cm³/mol. The molecule has 0 aliphatic carbocycles. The summed E-state index contributed by atoms with van der Waals surface area (Å²) >= 11 is 1.86. The molecule has 0 N–H and O–H groups in total. The van der Waals surface area contributed by atoms with Crippen molar-refractivity contribution >= 4 is 35.3 Å². The number of carbonyl (C=O) groups is 1. The maximum Gasteiger partial charge on any atom is 0.222 e. The van der Waals surface area contributed by atoms with Crippen LogP contribution in [0.25, 0.3) is 0 Å². The van der Waals surface area contributed by atoms with Crippen LogP contribution in [0.5, 0.6) is 5.75 Å². The number of benzene rings is 1. The van der Waals surface area contributed by atoms with Crippen molar-refractivity contribution in [3.05, 3.63) is 46.2 Å². The van der Waals surface area contributed by atoms with Gasteiger partial charge in [0.2, 0.25) is 5.91 Å². The van der Waals surface area contributed by atoms with Crippen molar-refractivity contribution in [1.29, 1.82) is 0 Å². The first kappa shape index (κ1) is 23.9. The van der Waals surface area contributed by atoms with E-state index in [2.05, 4.69) is 54.0 Å². The zero-order valence-corrected chi connectivity index (χ0v) is 20.2. The highest BCUT2D eigenvalue weighted by atomic mass is 35.5. The summed E-state index contributed by atoms with van der Waals surface area (Å²) < 4.78 is 6.01. The molecule has 0 saturated carbocycles. The Kier molecular flexibility index (Phi) is 8.64. The second-order valence-electron chi connectivity index (χ2n) is 8.54. The number of carbonyl (C=O) groups excluding carboxylic acids is 1. The highest BCUT2D eigenvalue weighted by Crippen LogP contribution is 2.30. The molecule has 0 unspecified atom stereocenters. The average molecular weight is 464 g/mol. The van der Waals surface area contributed by atoms with E-state index in [0.29, 0.717) is 12.3 Å². The standard InChI is InChI=1S/C24H33N3O2S.ClH/c1-19(2)29-23-8-4-3-7-22(23)26-15-13-25(14-16-26)17-20-10-11-21(30-20)18-27-12-6-5-9-24(27)28;/h3-4,7-8,10-11,19H,5-6,9,12-18H2,1-2H3;1H. The molecule has 0 radical (unpaired) electrons. The third-order valence-corrected chi connectivity index (χ3v) is 6.86. The van der Waals surface area contributed by atoms with E-state index in [4.69, 9.17) is 4.74 Å². The van der Waals surface area contributed by atoms with Gasteiger partial charge in [-0.2, -0.15) is 0 Å². The molecule has 4 rings (SSSR count). The molecule has 2 saturated heterocycles. The fourth-order valence-electron chi connectivity index (χ4n) is 4.25. The topological polar surface area (TPSA) is 36.0 Å². The molecule has 0 spiro atoms. The first-order valence-corrected chi connectivity index (χ1v) is 12.0. The maximum absolute atomic E-state index is 12.1. The van der Waals surface area contributed by atoms with E-state index in [-0.39, 0.29) is 18.5 Å². The number of anilines is 1. The van der Waals surface area contributed by atoms with E-state index >= 15 is 0 Å². The number of thiophene rings is 1. The zero-order chi connectivity index (χ0) is 20.9. The summed E-state index contributed by atoms with van der Waals surface area (Å²) in [5, 5.41) is 0. The molecule has 1 amide bonds. The van der Waals surface area contributed by atoms with Gasteiger partial charge < -0.3 is 14.5 Å². The van der Waals surface area contributed by atoms with Gasteiger partial charge in [0.25, 0.3) is 0 Å². The second-order valence-corrected chi connectivity index (χ2v) is 9.79. The number of para-hydroxylation sites is 2. The van der Waals surface area contributed by atoms with Crippen LogP contribution in [-0.2, 0) is 17.9 Å². The lowest BCUT2D eigenvalue weighted by atomic mass is 10.1. The number of rotatable bonds is 7. The van der Waals surface area contributed by atoms with Gasteiger partial charge in [-0.3, -0.25) is 9.69 Å². The monoisotopic (exact) mass is 463 g/mol. The Balaban J connectivity index is 0.00000272. The van der Waals surface area contributed by atoms with Gasteiger partial charge in [-0.05, 0) is 51.0 Å². The Morgan fingerprint density at radius 2 is 1.65 bits per heavy atom. The van der Waals surface area contributed by atoms with E-state index in [1.54, 1.807) is 0 Å².